The minimum absolute atomic E-state index is 0.0267. The van der Waals surface area contributed by atoms with Gasteiger partial charge < -0.3 is 5.32 Å². The SMILES string of the molecule is O=C(NC1(CBr)CCCC1)c1ccc(Br)cc1. The van der Waals surface area contributed by atoms with Crippen LogP contribution in [-0.4, -0.2) is 16.8 Å². The van der Waals surface area contributed by atoms with Crippen LogP contribution in [0.5, 0.6) is 0 Å². The fourth-order valence-electron chi connectivity index (χ4n) is 2.26. The smallest absolute Gasteiger partial charge is 0.251 e. The van der Waals surface area contributed by atoms with Gasteiger partial charge in [-0.3, -0.25) is 4.79 Å². The number of halogens is 2. The molecule has 0 atom stereocenters. The van der Waals surface area contributed by atoms with E-state index in [0.29, 0.717) is 0 Å². The van der Waals surface area contributed by atoms with E-state index in [-0.39, 0.29) is 11.4 Å². The zero-order valence-corrected chi connectivity index (χ0v) is 12.7. The first-order valence-corrected chi connectivity index (χ1v) is 7.71. The number of alkyl halides is 1. The van der Waals surface area contributed by atoms with Crippen LogP contribution in [0.15, 0.2) is 28.7 Å². The third-order valence-electron chi connectivity index (χ3n) is 3.30. The third-order valence-corrected chi connectivity index (χ3v) is 4.90. The van der Waals surface area contributed by atoms with Crippen molar-refractivity contribution in [1.29, 1.82) is 0 Å². The van der Waals surface area contributed by atoms with Gasteiger partial charge in [0.25, 0.3) is 5.91 Å². The molecule has 0 unspecified atom stereocenters. The molecule has 1 aliphatic carbocycles. The molecule has 2 nitrogen and oxygen atoms in total. The van der Waals surface area contributed by atoms with E-state index in [9.17, 15) is 4.79 Å². The van der Waals surface area contributed by atoms with Gasteiger partial charge in [0, 0.05) is 15.4 Å². The molecule has 2 rings (SSSR count). The molecule has 4 heteroatoms. The summed E-state index contributed by atoms with van der Waals surface area (Å²) in [5.74, 6) is 0.0267. The Morgan fingerprint density at radius 3 is 2.35 bits per heavy atom. The number of benzene rings is 1. The third kappa shape index (κ3) is 3.10. The lowest BCUT2D eigenvalue weighted by Crippen LogP contribution is -2.47. The van der Waals surface area contributed by atoms with Gasteiger partial charge in [0.15, 0.2) is 0 Å². The second-order valence-electron chi connectivity index (χ2n) is 4.58. The van der Waals surface area contributed by atoms with Crippen molar-refractivity contribution in [1.82, 2.24) is 5.32 Å². The van der Waals surface area contributed by atoms with Gasteiger partial charge in [-0.25, -0.2) is 0 Å². The van der Waals surface area contributed by atoms with Crippen LogP contribution in [0.1, 0.15) is 36.0 Å². The molecule has 1 aromatic rings. The quantitative estimate of drug-likeness (QED) is 0.814. The fourth-order valence-corrected chi connectivity index (χ4v) is 3.22. The molecule has 1 amide bonds. The average molecular weight is 361 g/mol. The number of nitrogens with one attached hydrogen (secondary N) is 1. The van der Waals surface area contributed by atoms with E-state index in [1.54, 1.807) is 0 Å². The van der Waals surface area contributed by atoms with Gasteiger partial charge in [-0.05, 0) is 37.1 Å². The highest BCUT2D eigenvalue weighted by Crippen LogP contribution is 2.31. The Labute approximate surface area is 118 Å². The first kappa shape index (κ1) is 13.1. The van der Waals surface area contributed by atoms with E-state index in [1.165, 1.54) is 12.8 Å². The van der Waals surface area contributed by atoms with Crippen LogP contribution in [0, 0.1) is 0 Å². The maximum atomic E-state index is 12.1. The van der Waals surface area contributed by atoms with Gasteiger partial charge in [-0.1, -0.05) is 44.7 Å². The predicted molar refractivity (Wildman–Crippen MR) is 76.6 cm³/mol. The zero-order chi connectivity index (χ0) is 12.3. The monoisotopic (exact) mass is 359 g/mol. The number of hydrogen-bond acceptors (Lipinski definition) is 1. The Bertz CT molecular complexity index is 396. The van der Waals surface area contributed by atoms with Crippen molar-refractivity contribution in [2.75, 3.05) is 5.33 Å². The van der Waals surface area contributed by atoms with Crippen LogP contribution in [-0.2, 0) is 0 Å². The molecule has 0 saturated heterocycles. The number of amides is 1. The van der Waals surface area contributed by atoms with Crippen molar-refractivity contribution in [3.8, 4) is 0 Å². The summed E-state index contributed by atoms with van der Waals surface area (Å²) in [6.07, 6.45) is 4.54. The molecule has 0 radical (unpaired) electrons. The molecule has 0 heterocycles. The summed E-state index contributed by atoms with van der Waals surface area (Å²) in [5, 5.41) is 4.01. The van der Waals surface area contributed by atoms with Gasteiger partial charge in [0.05, 0.1) is 5.54 Å². The van der Waals surface area contributed by atoms with Gasteiger partial charge in [-0.15, -0.1) is 0 Å². The molecular formula is C13H15Br2NO. The standard InChI is InChI=1S/C13H15Br2NO/c14-9-13(7-1-2-8-13)16-12(17)10-3-5-11(15)6-4-10/h3-6H,1-2,7-9H2,(H,16,17). The Kier molecular flexibility index (Phi) is 4.26. The van der Waals surface area contributed by atoms with Gasteiger partial charge in [0.1, 0.15) is 0 Å². The molecule has 0 aromatic heterocycles. The van der Waals surface area contributed by atoms with Crippen molar-refractivity contribution in [3.63, 3.8) is 0 Å². The van der Waals surface area contributed by atoms with Crippen molar-refractivity contribution >= 4 is 37.8 Å². The molecule has 17 heavy (non-hydrogen) atoms. The molecule has 1 N–H and O–H groups in total. The van der Waals surface area contributed by atoms with Crippen molar-refractivity contribution < 1.29 is 4.79 Å². The molecule has 0 spiro atoms. The molecule has 0 bridgehead atoms. The van der Waals surface area contributed by atoms with Crippen LogP contribution in [0.2, 0.25) is 0 Å². The van der Waals surface area contributed by atoms with E-state index < -0.39 is 0 Å². The Morgan fingerprint density at radius 1 is 1.24 bits per heavy atom. The maximum Gasteiger partial charge on any atom is 0.251 e. The summed E-state index contributed by atoms with van der Waals surface area (Å²) >= 11 is 6.89. The lowest BCUT2D eigenvalue weighted by atomic mass is 10.00. The largest absolute Gasteiger partial charge is 0.346 e. The van der Waals surface area contributed by atoms with Gasteiger partial charge in [0.2, 0.25) is 0 Å². The van der Waals surface area contributed by atoms with Crippen LogP contribution in [0.3, 0.4) is 0 Å². The first-order chi connectivity index (χ1) is 8.15. The average Bonchev–Trinajstić information content (AvgIpc) is 2.79. The van der Waals surface area contributed by atoms with Crippen LogP contribution >= 0.6 is 31.9 Å². The molecule has 1 aliphatic rings. The van der Waals surface area contributed by atoms with E-state index in [0.717, 1.165) is 28.2 Å². The van der Waals surface area contributed by atoms with Gasteiger partial charge >= 0.3 is 0 Å². The number of hydrogen-bond donors (Lipinski definition) is 1. The minimum atomic E-state index is -0.0375. The maximum absolute atomic E-state index is 12.1. The second kappa shape index (κ2) is 5.53. The molecular weight excluding hydrogens is 346 g/mol. The molecule has 1 saturated carbocycles. The normalized spacial score (nSPS) is 18.0. The highest BCUT2D eigenvalue weighted by atomic mass is 79.9. The Hall–Kier alpha value is -0.350. The Morgan fingerprint density at radius 2 is 1.82 bits per heavy atom. The highest BCUT2D eigenvalue weighted by molar-refractivity contribution is 9.10. The lowest BCUT2D eigenvalue weighted by molar-refractivity contribution is 0.0910. The number of carbonyl (C=O) groups excluding carboxylic acids is 1. The summed E-state index contributed by atoms with van der Waals surface area (Å²) in [4.78, 5) is 12.1. The predicted octanol–water partition coefficient (Wildman–Crippen LogP) is 3.89. The summed E-state index contributed by atoms with van der Waals surface area (Å²) < 4.78 is 0.991. The van der Waals surface area contributed by atoms with E-state index >= 15 is 0 Å². The number of carbonyl (C=O) groups is 1. The molecule has 0 aliphatic heterocycles. The topological polar surface area (TPSA) is 29.1 Å². The zero-order valence-electron chi connectivity index (χ0n) is 9.51. The van der Waals surface area contributed by atoms with Crippen molar-refractivity contribution in [3.05, 3.63) is 34.3 Å². The van der Waals surface area contributed by atoms with E-state index in [1.807, 2.05) is 24.3 Å². The summed E-state index contributed by atoms with van der Waals surface area (Å²) in [6, 6.07) is 7.47. The van der Waals surface area contributed by atoms with Crippen molar-refractivity contribution in [2.45, 2.75) is 31.2 Å². The van der Waals surface area contributed by atoms with E-state index in [2.05, 4.69) is 37.2 Å². The molecule has 92 valence electrons. The minimum Gasteiger partial charge on any atom is -0.346 e. The van der Waals surface area contributed by atoms with Crippen molar-refractivity contribution in [2.24, 2.45) is 0 Å². The Balaban J connectivity index is 2.08. The summed E-state index contributed by atoms with van der Waals surface area (Å²) in [6.45, 7) is 0. The van der Waals surface area contributed by atoms with Crippen LogP contribution in [0.4, 0.5) is 0 Å². The number of rotatable bonds is 3. The van der Waals surface area contributed by atoms with Gasteiger partial charge in [-0.2, -0.15) is 0 Å². The molecule has 1 fully saturated rings. The van der Waals surface area contributed by atoms with Crippen LogP contribution in [0.25, 0.3) is 0 Å². The van der Waals surface area contributed by atoms with Crippen LogP contribution < -0.4 is 5.32 Å². The lowest BCUT2D eigenvalue weighted by Gasteiger charge is -2.28. The highest BCUT2D eigenvalue weighted by Gasteiger charge is 2.34. The first-order valence-electron chi connectivity index (χ1n) is 5.79. The fraction of sp³-hybridized carbons (Fsp3) is 0.462. The van der Waals surface area contributed by atoms with E-state index in [4.69, 9.17) is 0 Å². The molecule has 1 aromatic carbocycles. The second-order valence-corrected chi connectivity index (χ2v) is 6.06. The summed E-state index contributed by atoms with van der Waals surface area (Å²) in [7, 11) is 0. The summed E-state index contributed by atoms with van der Waals surface area (Å²) in [5.41, 5.74) is 0.685.